The van der Waals surface area contributed by atoms with Crippen molar-refractivity contribution < 1.29 is 9.18 Å². The fourth-order valence-electron chi connectivity index (χ4n) is 2.75. The average molecular weight is 317 g/mol. The van der Waals surface area contributed by atoms with Gasteiger partial charge in [0, 0.05) is 22.4 Å². The Kier molecular flexibility index (Phi) is 4.34. The minimum absolute atomic E-state index is 0.302. The molecule has 3 rings (SSSR count). The number of nitrogens with zero attached hydrogens (tertiary/aromatic N) is 1. The normalized spacial score (nSPS) is 10.4. The summed E-state index contributed by atoms with van der Waals surface area (Å²) < 4.78 is 13.3. The van der Waals surface area contributed by atoms with Crippen molar-refractivity contribution in [2.45, 2.75) is 6.92 Å². The lowest BCUT2D eigenvalue weighted by Crippen LogP contribution is -1.99. The first-order valence-corrected chi connectivity index (χ1v) is 7.57. The van der Waals surface area contributed by atoms with Gasteiger partial charge in [0.1, 0.15) is 12.1 Å². The summed E-state index contributed by atoms with van der Waals surface area (Å²) in [4.78, 5) is 15.9. The van der Waals surface area contributed by atoms with E-state index in [4.69, 9.17) is 0 Å². The standard InChI is InChI=1S/C21H16FNO/c1-14(13-24)21-15(2)23-20(17-6-4-3-5-7-17)12-19(21)16-8-10-18(22)11-9-16/h3-13H,1H2,2H3. The predicted molar refractivity (Wildman–Crippen MR) is 94.9 cm³/mol. The zero-order chi connectivity index (χ0) is 17.1. The number of pyridine rings is 1. The third-order valence-electron chi connectivity index (χ3n) is 3.89. The maximum atomic E-state index is 13.3. The second-order valence-electron chi connectivity index (χ2n) is 5.53. The fourth-order valence-corrected chi connectivity index (χ4v) is 2.75. The minimum Gasteiger partial charge on any atom is -0.298 e. The molecule has 0 bridgehead atoms. The molecule has 0 aliphatic rings. The Hall–Kier alpha value is -3.07. The molecule has 0 N–H and O–H groups in total. The van der Waals surface area contributed by atoms with Crippen LogP contribution in [0.4, 0.5) is 4.39 Å². The Morgan fingerprint density at radius 2 is 1.71 bits per heavy atom. The molecule has 1 aromatic heterocycles. The van der Waals surface area contributed by atoms with E-state index in [0.717, 1.165) is 28.7 Å². The van der Waals surface area contributed by atoms with Crippen molar-refractivity contribution in [1.82, 2.24) is 4.98 Å². The average Bonchev–Trinajstić information content (AvgIpc) is 2.62. The second-order valence-corrected chi connectivity index (χ2v) is 5.53. The predicted octanol–water partition coefficient (Wildman–Crippen LogP) is 5.08. The molecule has 2 nitrogen and oxygen atoms in total. The Morgan fingerprint density at radius 1 is 1.04 bits per heavy atom. The van der Waals surface area contributed by atoms with Gasteiger partial charge in [-0.25, -0.2) is 4.39 Å². The van der Waals surface area contributed by atoms with Gasteiger partial charge in [-0.15, -0.1) is 0 Å². The van der Waals surface area contributed by atoms with Gasteiger partial charge in [0.2, 0.25) is 0 Å². The van der Waals surface area contributed by atoms with Crippen molar-refractivity contribution in [2.24, 2.45) is 0 Å². The maximum absolute atomic E-state index is 13.3. The lowest BCUT2D eigenvalue weighted by Gasteiger charge is -2.14. The molecule has 3 aromatic rings. The van der Waals surface area contributed by atoms with E-state index in [1.807, 2.05) is 43.3 Å². The summed E-state index contributed by atoms with van der Waals surface area (Å²) in [7, 11) is 0. The highest BCUT2D eigenvalue weighted by molar-refractivity contribution is 6.09. The fraction of sp³-hybridized carbons (Fsp3) is 0.0476. The van der Waals surface area contributed by atoms with Crippen LogP contribution in [0.15, 0.2) is 67.2 Å². The number of hydrogen-bond acceptors (Lipinski definition) is 2. The first kappa shape index (κ1) is 15.8. The third-order valence-corrected chi connectivity index (χ3v) is 3.89. The molecule has 118 valence electrons. The highest BCUT2D eigenvalue weighted by Gasteiger charge is 2.15. The quantitative estimate of drug-likeness (QED) is 0.496. The van der Waals surface area contributed by atoms with Gasteiger partial charge in [-0.1, -0.05) is 49.0 Å². The Morgan fingerprint density at radius 3 is 2.33 bits per heavy atom. The molecule has 24 heavy (non-hydrogen) atoms. The number of allylic oxidation sites excluding steroid dienone is 1. The van der Waals surface area contributed by atoms with Crippen LogP contribution in [0, 0.1) is 12.7 Å². The number of halogens is 1. The number of aromatic nitrogens is 1. The molecule has 0 saturated carbocycles. The maximum Gasteiger partial charge on any atom is 0.150 e. The van der Waals surface area contributed by atoms with E-state index in [1.165, 1.54) is 12.1 Å². The van der Waals surface area contributed by atoms with Crippen molar-refractivity contribution >= 4 is 11.9 Å². The van der Waals surface area contributed by atoms with E-state index in [2.05, 4.69) is 11.6 Å². The number of rotatable bonds is 4. The van der Waals surface area contributed by atoms with Gasteiger partial charge in [0.15, 0.2) is 0 Å². The number of carbonyl (C=O) groups is 1. The Bertz CT molecular complexity index is 899. The van der Waals surface area contributed by atoms with Crippen molar-refractivity contribution in [3.8, 4) is 22.4 Å². The summed E-state index contributed by atoms with van der Waals surface area (Å²) in [6.45, 7) is 5.68. The van der Waals surface area contributed by atoms with Gasteiger partial charge < -0.3 is 0 Å². The highest BCUT2D eigenvalue weighted by Crippen LogP contribution is 2.33. The van der Waals surface area contributed by atoms with Crippen LogP contribution in [0.25, 0.3) is 28.0 Å². The molecule has 0 unspecified atom stereocenters. The lowest BCUT2D eigenvalue weighted by molar-refractivity contribution is -0.103. The van der Waals surface area contributed by atoms with E-state index in [1.54, 1.807) is 12.1 Å². The van der Waals surface area contributed by atoms with Gasteiger partial charge in [-0.3, -0.25) is 9.78 Å². The monoisotopic (exact) mass is 317 g/mol. The van der Waals surface area contributed by atoms with Crippen LogP contribution in [0.1, 0.15) is 11.3 Å². The van der Waals surface area contributed by atoms with Crippen LogP contribution in [0.3, 0.4) is 0 Å². The van der Waals surface area contributed by atoms with E-state index in [9.17, 15) is 9.18 Å². The molecule has 2 aromatic carbocycles. The number of aryl methyl sites for hydroxylation is 1. The molecule has 0 saturated heterocycles. The topological polar surface area (TPSA) is 30.0 Å². The van der Waals surface area contributed by atoms with Crippen LogP contribution in [-0.2, 0) is 4.79 Å². The molecular formula is C21H16FNO. The zero-order valence-corrected chi connectivity index (χ0v) is 13.3. The highest BCUT2D eigenvalue weighted by atomic mass is 19.1. The van der Waals surface area contributed by atoms with Crippen molar-refractivity contribution in [1.29, 1.82) is 0 Å². The summed E-state index contributed by atoms with van der Waals surface area (Å²) in [5, 5.41) is 0. The molecule has 0 amide bonds. The van der Waals surface area contributed by atoms with Gasteiger partial charge in [0.05, 0.1) is 5.69 Å². The van der Waals surface area contributed by atoms with E-state index in [0.29, 0.717) is 16.8 Å². The molecule has 0 fully saturated rings. The number of aldehydes is 1. The largest absolute Gasteiger partial charge is 0.298 e. The molecule has 0 atom stereocenters. The summed E-state index contributed by atoms with van der Waals surface area (Å²) >= 11 is 0. The molecule has 1 heterocycles. The number of carbonyl (C=O) groups excluding carboxylic acids is 1. The SMILES string of the molecule is C=C(C=O)c1c(-c2ccc(F)cc2)cc(-c2ccccc2)nc1C. The number of hydrogen-bond donors (Lipinski definition) is 0. The summed E-state index contributed by atoms with van der Waals surface area (Å²) in [5.41, 5.74) is 5.18. The van der Waals surface area contributed by atoms with Crippen LogP contribution in [-0.4, -0.2) is 11.3 Å². The minimum atomic E-state index is -0.302. The molecule has 0 aliphatic heterocycles. The van der Waals surface area contributed by atoms with Crippen LogP contribution in [0.2, 0.25) is 0 Å². The summed E-state index contributed by atoms with van der Waals surface area (Å²) in [6.07, 6.45) is 0.721. The zero-order valence-electron chi connectivity index (χ0n) is 13.3. The Labute approximate surface area is 140 Å². The van der Waals surface area contributed by atoms with Gasteiger partial charge >= 0.3 is 0 Å². The molecule has 3 heteroatoms. The van der Waals surface area contributed by atoms with Crippen LogP contribution in [0.5, 0.6) is 0 Å². The first-order chi connectivity index (χ1) is 11.6. The van der Waals surface area contributed by atoms with E-state index >= 15 is 0 Å². The third kappa shape index (κ3) is 3.01. The first-order valence-electron chi connectivity index (χ1n) is 7.57. The second kappa shape index (κ2) is 6.59. The summed E-state index contributed by atoms with van der Waals surface area (Å²) in [5.74, 6) is -0.302. The number of benzene rings is 2. The van der Waals surface area contributed by atoms with Gasteiger partial charge in [0.25, 0.3) is 0 Å². The molecular weight excluding hydrogens is 301 g/mol. The van der Waals surface area contributed by atoms with Crippen molar-refractivity contribution in [2.75, 3.05) is 0 Å². The van der Waals surface area contributed by atoms with Gasteiger partial charge in [-0.05, 0) is 36.2 Å². The molecule has 0 aliphatic carbocycles. The molecule has 0 spiro atoms. The van der Waals surface area contributed by atoms with E-state index < -0.39 is 0 Å². The van der Waals surface area contributed by atoms with Crippen molar-refractivity contribution in [3.05, 3.63) is 84.3 Å². The van der Waals surface area contributed by atoms with Crippen LogP contribution < -0.4 is 0 Å². The van der Waals surface area contributed by atoms with E-state index in [-0.39, 0.29) is 5.82 Å². The summed E-state index contributed by atoms with van der Waals surface area (Å²) in [6, 6.07) is 17.9. The molecule has 0 radical (unpaired) electrons. The lowest BCUT2D eigenvalue weighted by atomic mass is 9.93. The van der Waals surface area contributed by atoms with Gasteiger partial charge in [-0.2, -0.15) is 0 Å². The van der Waals surface area contributed by atoms with Crippen LogP contribution >= 0.6 is 0 Å². The van der Waals surface area contributed by atoms with Crippen molar-refractivity contribution in [3.63, 3.8) is 0 Å². The smallest absolute Gasteiger partial charge is 0.150 e. The Balaban J connectivity index is 2.26.